The molecule has 146 valence electrons. The molecule has 0 radical (unpaired) electrons. The topological polar surface area (TPSA) is 42.7 Å². The van der Waals surface area contributed by atoms with Crippen LogP contribution in [0.1, 0.15) is 47.1 Å². The lowest BCUT2D eigenvalue weighted by Gasteiger charge is -2.34. The molecule has 4 heteroatoms. The Labute approximate surface area is 169 Å². The first kappa shape index (κ1) is 18.0. The van der Waals surface area contributed by atoms with Crippen molar-refractivity contribution in [3.8, 4) is 5.75 Å². The van der Waals surface area contributed by atoms with Crippen molar-refractivity contribution in [1.29, 1.82) is 0 Å². The monoisotopic (exact) mass is 385 g/mol. The van der Waals surface area contributed by atoms with Gasteiger partial charge >= 0.3 is 0 Å². The normalized spacial score (nSPS) is 15.3. The first-order chi connectivity index (χ1) is 14.1. The Kier molecular flexibility index (Phi) is 4.18. The van der Waals surface area contributed by atoms with E-state index in [1.54, 1.807) is 6.92 Å². The van der Waals surface area contributed by atoms with Crippen molar-refractivity contribution in [3.63, 3.8) is 0 Å². The van der Waals surface area contributed by atoms with E-state index in [0.717, 1.165) is 33.1 Å². The molecule has 0 unspecified atom stereocenters. The maximum atomic E-state index is 12.5. The number of fused-ring (bicyclic) bond motifs is 6. The second kappa shape index (κ2) is 6.75. The molecule has 0 saturated carbocycles. The predicted molar refractivity (Wildman–Crippen MR) is 114 cm³/mol. The summed E-state index contributed by atoms with van der Waals surface area (Å²) in [6.07, 6.45) is 0. The molecule has 1 aliphatic heterocycles. The Morgan fingerprint density at radius 3 is 2.45 bits per heavy atom. The van der Waals surface area contributed by atoms with Crippen LogP contribution in [-0.4, -0.2) is 17.4 Å². The number of hydrogen-bond donors (Lipinski definition) is 0. The highest BCUT2D eigenvalue weighted by Crippen LogP contribution is 2.45. The Morgan fingerprint density at radius 2 is 1.72 bits per heavy atom. The standard InChI is InChI=1S/C25H23NO3/c1-15(18-9-5-4-6-10-18)26-13-21-23-22(16(2)27)17(3)29-25(23)20-12-8-7-11-19(20)24(21)28-14-26/h4-12,15H,13-14H2,1-3H3/t15-/m0/s1. The van der Waals surface area contributed by atoms with Gasteiger partial charge in [-0.1, -0.05) is 54.6 Å². The van der Waals surface area contributed by atoms with Crippen molar-refractivity contribution in [2.75, 3.05) is 6.73 Å². The second-order valence-corrected chi connectivity index (χ2v) is 7.75. The lowest BCUT2D eigenvalue weighted by Crippen LogP contribution is -2.34. The third kappa shape index (κ3) is 2.75. The van der Waals surface area contributed by atoms with Crippen LogP contribution in [0.15, 0.2) is 59.0 Å². The fourth-order valence-corrected chi connectivity index (χ4v) is 4.50. The summed E-state index contributed by atoms with van der Waals surface area (Å²) in [5, 5.41) is 2.92. The molecule has 0 spiro atoms. The van der Waals surface area contributed by atoms with Gasteiger partial charge in [0, 0.05) is 34.3 Å². The highest BCUT2D eigenvalue weighted by Gasteiger charge is 2.30. The minimum Gasteiger partial charge on any atom is -0.477 e. The number of carbonyl (C=O) groups is 1. The number of nitrogens with zero attached hydrogens (tertiary/aromatic N) is 1. The number of benzene rings is 3. The van der Waals surface area contributed by atoms with Gasteiger partial charge in [-0.15, -0.1) is 0 Å². The van der Waals surface area contributed by atoms with Gasteiger partial charge in [-0.3, -0.25) is 9.69 Å². The summed E-state index contributed by atoms with van der Waals surface area (Å²) in [5.74, 6) is 1.55. The fraction of sp³-hybridized carbons (Fsp3) is 0.240. The van der Waals surface area contributed by atoms with E-state index in [2.05, 4.69) is 42.2 Å². The van der Waals surface area contributed by atoms with Crippen molar-refractivity contribution in [2.45, 2.75) is 33.4 Å². The smallest absolute Gasteiger partial charge is 0.163 e. The summed E-state index contributed by atoms with van der Waals surface area (Å²) in [4.78, 5) is 14.8. The van der Waals surface area contributed by atoms with Crippen LogP contribution >= 0.6 is 0 Å². The van der Waals surface area contributed by atoms with E-state index in [1.807, 2.05) is 31.2 Å². The minimum absolute atomic E-state index is 0.0203. The lowest BCUT2D eigenvalue weighted by molar-refractivity contribution is 0.0640. The predicted octanol–water partition coefficient (Wildman–Crippen LogP) is 6.01. The van der Waals surface area contributed by atoms with Gasteiger partial charge in [-0.2, -0.15) is 0 Å². The number of rotatable bonds is 3. The summed E-state index contributed by atoms with van der Waals surface area (Å²) in [6.45, 7) is 6.87. The molecule has 29 heavy (non-hydrogen) atoms. The summed E-state index contributed by atoms with van der Waals surface area (Å²) in [7, 11) is 0. The van der Waals surface area contributed by atoms with E-state index < -0.39 is 0 Å². The van der Waals surface area contributed by atoms with E-state index in [-0.39, 0.29) is 11.8 Å². The van der Waals surface area contributed by atoms with Gasteiger partial charge in [0.15, 0.2) is 5.78 Å². The number of ether oxygens (including phenoxy) is 1. The molecule has 4 aromatic rings. The van der Waals surface area contributed by atoms with Crippen LogP contribution in [0.3, 0.4) is 0 Å². The third-order valence-corrected chi connectivity index (χ3v) is 5.99. The number of Topliss-reactive ketones (excluding diaryl/α,β-unsaturated/α-hetero) is 1. The van der Waals surface area contributed by atoms with Gasteiger partial charge in [0.05, 0.1) is 5.56 Å². The Balaban J connectivity index is 1.73. The molecule has 0 aliphatic carbocycles. The van der Waals surface area contributed by atoms with Gasteiger partial charge in [-0.25, -0.2) is 0 Å². The van der Waals surface area contributed by atoms with Gasteiger partial charge in [0.25, 0.3) is 0 Å². The first-order valence-corrected chi connectivity index (χ1v) is 9.95. The van der Waals surface area contributed by atoms with Crippen molar-refractivity contribution in [3.05, 3.63) is 77.0 Å². The van der Waals surface area contributed by atoms with Gasteiger partial charge in [-0.05, 0) is 26.3 Å². The van der Waals surface area contributed by atoms with E-state index in [0.29, 0.717) is 24.6 Å². The molecular weight excluding hydrogens is 362 g/mol. The molecule has 3 aromatic carbocycles. The fourth-order valence-electron chi connectivity index (χ4n) is 4.50. The average molecular weight is 385 g/mol. The molecule has 0 saturated heterocycles. The maximum absolute atomic E-state index is 12.5. The van der Waals surface area contributed by atoms with Crippen LogP contribution in [0.5, 0.6) is 5.75 Å². The highest BCUT2D eigenvalue weighted by molar-refractivity contribution is 6.17. The number of ketones is 1. The molecule has 4 nitrogen and oxygen atoms in total. The molecule has 0 bridgehead atoms. The first-order valence-electron chi connectivity index (χ1n) is 9.95. The zero-order valence-corrected chi connectivity index (χ0v) is 16.9. The SMILES string of the molecule is CC(=O)c1c(C)oc2c1c1c(c3ccccc32)OCN([C@@H](C)c2ccccc2)C1. The Morgan fingerprint density at radius 1 is 1.03 bits per heavy atom. The number of hydrogen-bond acceptors (Lipinski definition) is 4. The zero-order chi connectivity index (χ0) is 20.1. The Hall–Kier alpha value is -3.11. The molecule has 1 aromatic heterocycles. The average Bonchev–Trinajstić information content (AvgIpc) is 3.11. The number of aryl methyl sites for hydroxylation is 1. The molecule has 0 fully saturated rings. The van der Waals surface area contributed by atoms with Gasteiger partial charge in [0.2, 0.25) is 0 Å². The van der Waals surface area contributed by atoms with Gasteiger partial charge < -0.3 is 9.15 Å². The van der Waals surface area contributed by atoms with Crippen molar-refractivity contribution < 1.29 is 13.9 Å². The second-order valence-electron chi connectivity index (χ2n) is 7.75. The number of furan rings is 1. The van der Waals surface area contributed by atoms with E-state index in [9.17, 15) is 4.79 Å². The highest BCUT2D eigenvalue weighted by atomic mass is 16.5. The van der Waals surface area contributed by atoms with Crippen LogP contribution in [0.2, 0.25) is 0 Å². The van der Waals surface area contributed by atoms with Crippen LogP contribution in [0.4, 0.5) is 0 Å². The molecule has 1 aliphatic rings. The van der Waals surface area contributed by atoms with Crippen LogP contribution in [0.25, 0.3) is 21.7 Å². The van der Waals surface area contributed by atoms with E-state index in [4.69, 9.17) is 9.15 Å². The lowest BCUT2D eigenvalue weighted by atomic mass is 9.95. The van der Waals surface area contributed by atoms with Crippen molar-refractivity contribution in [2.24, 2.45) is 0 Å². The Bertz CT molecular complexity index is 1240. The van der Waals surface area contributed by atoms with Crippen molar-refractivity contribution >= 4 is 27.5 Å². The maximum Gasteiger partial charge on any atom is 0.163 e. The van der Waals surface area contributed by atoms with E-state index in [1.165, 1.54) is 5.56 Å². The summed E-state index contributed by atoms with van der Waals surface area (Å²) < 4.78 is 12.4. The summed E-state index contributed by atoms with van der Waals surface area (Å²) >= 11 is 0. The summed E-state index contributed by atoms with van der Waals surface area (Å²) in [6, 6.07) is 18.7. The van der Waals surface area contributed by atoms with Crippen LogP contribution in [-0.2, 0) is 6.54 Å². The molecule has 0 amide bonds. The summed E-state index contributed by atoms with van der Waals surface area (Å²) in [5.41, 5.74) is 3.72. The van der Waals surface area contributed by atoms with Crippen molar-refractivity contribution in [1.82, 2.24) is 4.90 Å². The molecule has 1 atom stereocenters. The minimum atomic E-state index is 0.0203. The zero-order valence-electron chi connectivity index (χ0n) is 16.9. The molecular formula is C25H23NO3. The molecule has 0 N–H and O–H groups in total. The largest absolute Gasteiger partial charge is 0.477 e. The number of carbonyl (C=O) groups excluding carboxylic acids is 1. The molecule has 2 heterocycles. The van der Waals surface area contributed by atoms with E-state index >= 15 is 0 Å². The third-order valence-electron chi connectivity index (χ3n) is 5.99. The quantitative estimate of drug-likeness (QED) is 0.405. The molecule has 5 rings (SSSR count). The van der Waals surface area contributed by atoms with Crippen LogP contribution < -0.4 is 4.74 Å². The van der Waals surface area contributed by atoms with Crippen LogP contribution in [0, 0.1) is 6.92 Å². The van der Waals surface area contributed by atoms with Gasteiger partial charge in [0.1, 0.15) is 23.8 Å².